The predicted octanol–water partition coefficient (Wildman–Crippen LogP) is 5.66. The number of rotatable bonds is 16. The molecule has 0 bridgehead atoms. The van der Waals surface area contributed by atoms with Gasteiger partial charge in [-0.3, -0.25) is 4.57 Å². The van der Waals surface area contributed by atoms with Gasteiger partial charge in [-0.2, -0.15) is 0 Å². The van der Waals surface area contributed by atoms with Gasteiger partial charge in [0.25, 0.3) is 0 Å². The summed E-state index contributed by atoms with van der Waals surface area (Å²) in [5.74, 6) is 0.336. The molecular formula is C17H37O4P. The smallest absolute Gasteiger partial charge is 0.330 e. The standard InChI is InChI=1S/C17H37O4P/c1-5-7-9-10-11-13-20-22(18,15-8-6-2)21-16-17(3)12-14-19-4/h17H,5-16H2,1-4H3. The highest BCUT2D eigenvalue weighted by Gasteiger charge is 2.24. The van der Waals surface area contributed by atoms with Crippen molar-refractivity contribution in [1.29, 1.82) is 0 Å². The zero-order chi connectivity index (χ0) is 16.7. The maximum absolute atomic E-state index is 12.8. The van der Waals surface area contributed by atoms with Crippen LogP contribution in [0.3, 0.4) is 0 Å². The third-order valence-corrected chi connectivity index (χ3v) is 5.67. The van der Waals surface area contributed by atoms with E-state index >= 15 is 0 Å². The van der Waals surface area contributed by atoms with Crippen molar-refractivity contribution in [1.82, 2.24) is 0 Å². The van der Waals surface area contributed by atoms with Gasteiger partial charge < -0.3 is 13.8 Å². The lowest BCUT2D eigenvalue weighted by molar-refractivity contribution is 0.144. The Morgan fingerprint density at radius 2 is 1.59 bits per heavy atom. The molecule has 0 saturated heterocycles. The first kappa shape index (κ1) is 22.1. The number of hydrogen-bond acceptors (Lipinski definition) is 4. The summed E-state index contributed by atoms with van der Waals surface area (Å²) in [6.07, 6.45) is 9.20. The van der Waals surface area contributed by atoms with Crippen molar-refractivity contribution in [3.8, 4) is 0 Å². The van der Waals surface area contributed by atoms with E-state index in [-0.39, 0.29) is 0 Å². The summed E-state index contributed by atoms with van der Waals surface area (Å²) >= 11 is 0. The molecule has 0 aliphatic carbocycles. The highest BCUT2D eigenvalue weighted by atomic mass is 31.2. The first-order chi connectivity index (χ1) is 10.6. The molecule has 0 aromatic heterocycles. The quantitative estimate of drug-likeness (QED) is 0.270. The fourth-order valence-electron chi connectivity index (χ4n) is 2.07. The lowest BCUT2D eigenvalue weighted by Gasteiger charge is -2.20. The van der Waals surface area contributed by atoms with E-state index in [4.69, 9.17) is 13.8 Å². The van der Waals surface area contributed by atoms with Crippen LogP contribution in [0.2, 0.25) is 0 Å². The van der Waals surface area contributed by atoms with Gasteiger partial charge in [-0.25, -0.2) is 0 Å². The fraction of sp³-hybridized carbons (Fsp3) is 1.00. The van der Waals surface area contributed by atoms with Crippen LogP contribution >= 0.6 is 7.60 Å². The number of unbranched alkanes of at least 4 members (excludes halogenated alkanes) is 5. The second kappa shape index (κ2) is 14.7. The molecule has 22 heavy (non-hydrogen) atoms. The van der Waals surface area contributed by atoms with Crippen molar-refractivity contribution in [2.45, 2.75) is 72.1 Å². The SMILES string of the molecule is CCCCCCCOP(=O)(CCCC)OCC(C)CCOC. The average molecular weight is 336 g/mol. The third kappa shape index (κ3) is 12.6. The predicted molar refractivity (Wildman–Crippen MR) is 93.7 cm³/mol. The number of hydrogen-bond donors (Lipinski definition) is 0. The van der Waals surface area contributed by atoms with Gasteiger partial charge in [-0.15, -0.1) is 0 Å². The van der Waals surface area contributed by atoms with Crippen molar-refractivity contribution in [2.75, 3.05) is 33.1 Å². The van der Waals surface area contributed by atoms with Crippen LogP contribution < -0.4 is 0 Å². The largest absolute Gasteiger partial charge is 0.385 e. The van der Waals surface area contributed by atoms with E-state index in [0.29, 0.717) is 31.9 Å². The van der Waals surface area contributed by atoms with Crippen LogP contribution in [0, 0.1) is 5.92 Å². The Bertz CT molecular complexity index is 284. The summed E-state index contributed by atoms with van der Waals surface area (Å²) < 4.78 is 29.2. The molecule has 0 aliphatic rings. The maximum atomic E-state index is 12.8. The normalized spacial score (nSPS) is 15.6. The molecule has 0 rings (SSSR count). The van der Waals surface area contributed by atoms with Crippen LogP contribution in [0.5, 0.6) is 0 Å². The number of ether oxygens (including phenoxy) is 1. The molecule has 4 nitrogen and oxygen atoms in total. The Morgan fingerprint density at radius 1 is 0.909 bits per heavy atom. The van der Waals surface area contributed by atoms with E-state index in [2.05, 4.69) is 20.8 Å². The molecule has 0 amide bonds. The van der Waals surface area contributed by atoms with Crippen LogP contribution in [0.1, 0.15) is 72.1 Å². The zero-order valence-electron chi connectivity index (χ0n) is 15.1. The first-order valence-electron chi connectivity index (χ1n) is 8.95. The topological polar surface area (TPSA) is 44.8 Å². The molecule has 0 fully saturated rings. The van der Waals surface area contributed by atoms with Crippen LogP contribution in [0.15, 0.2) is 0 Å². The molecule has 5 heteroatoms. The van der Waals surface area contributed by atoms with Gasteiger partial charge in [0.2, 0.25) is 0 Å². The molecule has 0 aromatic carbocycles. The van der Waals surface area contributed by atoms with Crippen LogP contribution in [0.4, 0.5) is 0 Å². The summed E-state index contributed by atoms with van der Waals surface area (Å²) in [7, 11) is -1.22. The van der Waals surface area contributed by atoms with Crippen molar-refractivity contribution >= 4 is 7.60 Å². The summed E-state index contributed by atoms with van der Waals surface area (Å²) in [6, 6.07) is 0. The lowest BCUT2D eigenvalue weighted by atomic mass is 10.1. The van der Waals surface area contributed by atoms with E-state index in [1.807, 2.05) is 0 Å². The molecular weight excluding hydrogens is 299 g/mol. The van der Waals surface area contributed by atoms with Gasteiger partial charge in [0, 0.05) is 13.7 Å². The van der Waals surface area contributed by atoms with Gasteiger partial charge in [0.05, 0.1) is 19.4 Å². The monoisotopic (exact) mass is 336 g/mol. The molecule has 0 spiro atoms. The second-order valence-electron chi connectivity index (χ2n) is 6.12. The van der Waals surface area contributed by atoms with Crippen LogP contribution in [-0.4, -0.2) is 33.1 Å². The molecule has 0 N–H and O–H groups in total. The van der Waals surface area contributed by atoms with Crippen LogP contribution in [0.25, 0.3) is 0 Å². The van der Waals surface area contributed by atoms with E-state index < -0.39 is 7.60 Å². The molecule has 0 aliphatic heterocycles. The minimum atomic E-state index is -2.92. The third-order valence-electron chi connectivity index (χ3n) is 3.69. The Morgan fingerprint density at radius 3 is 2.23 bits per heavy atom. The highest BCUT2D eigenvalue weighted by Crippen LogP contribution is 2.49. The Labute approximate surface area is 137 Å². The fourth-order valence-corrected chi connectivity index (χ4v) is 4.00. The summed E-state index contributed by atoms with van der Waals surface area (Å²) in [5, 5.41) is 0. The van der Waals surface area contributed by atoms with Gasteiger partial charge in [-0.1, -0.05) is 52.9 Å². The van der Waals surface area contributed by atoms with E-state index in [1.54, 1.807) is 7.11 Å². The van der Waals surface area contributed by atoms with Crippen molar-refractivity contribution in [2.24, 2.45) is 5.92 Å². The number of methoxy groups -OCH3 is 1. The molecule has 2 unspecified atom stereocenters. The second-order valence-corrected chi connectivity index (χ2v) is 8.30. The van der Waals surface area contributed by atoms with Gasteiger partial charge in [0.1, 0.15) is 0 Å². The molecule has 0 aromatic rings. The van der Waals surface area contributed by atoms with Crippen molar-refractivity contribution < 1.29 is 18.3 Å². The van der Waals surface area contributed by atoms with E-state index in [9.17, 15) is 4.57 Å². The summed E-state index contributed by atoms with van der Waals surface area (Å²) in [4.78, 5) is 0. The van der Waals surface area contributed by atoms with Gasteiger partial charge >= 0.3 is 7.60 Å². The minimum absolute atomic E-state index is 0.336. The molecule has 0 heterocycles. The molecule has 0 saturated carbocycles. The molecule has 0 radical (unpaired) electrons. The zero-order valence-corrected chi connectivity index (χ0v) is 16.0. The molecule has 2 atom stereocenters. The van der Waals surface area contributed by atoms with E-state index in [1.165, 1.54) is 19.3 Å². The van der Waals surface area contributed by atoms with Crippen molar-refractivity contribution in [3.05, 3.63) is 0 Å². The Kier molecular flexibility index (Phi) is 14.8. The van der Waals surface area contributed by atoms with E-state index in [0.717, 1.165) is 32.1 Å². The Balaban J connectivity index is 4.07. The summed E-state index contributed by atoms with van der Waals surface area (Å²) in [6.45, 7) is 8.14. The lowest BCUT2D eigenvalue weighted by Crippen LogP contribution is -2.10. The van der Waals surface area contributed by atoms with Crippen molar-refractivity contribution in [3.63, 3.8) is 0 Å². The summed E-state index contributed by atoms with van der Waals surface area (Å²) in [5.41, 5.74) is 0. The van der Waals surface area contributed by atoms with Crippen LogP contribution in [-0.2, 0) is 18.3 Å². The maximum Gasteiger partial charge on any atom is 0.330 e. The molecule has 134 valence electrons. The Hall–Kier alpha value is 0.110. The average Bonchev–Trinajstić information content (AvgIpc) is 2.52. The van der Waals surface area contributed by atoms with Gasteiger partial charge in [0.15, 0.2) is 0 Å². The van der Waals surface area contributed by atoms with Gasteiger partial charge in [-0.05, 0) is 25.2 Å². The first-order valence-corrected chi connectivity index (χ1v) is 10.7. The minimum Gasteiger partial charge on any atom is -0.385 e. The highest BCUT2D eigenvalue weighted by molar-refractivity contribution is 7.53.